The molecule has 0 aromatic heterocycles. The SMILES string of the molecule is CN1CCC(CN(C)CC2(CS)CCCC2)CC1. The fourth-order valence-corrected chi connectivity index (χ4v) is 4.23. The number of hydrogen-bond acceptors (Lipinski definition) is 3. The summed E-state index contributed by atoms with van der Waals surface area (Å²) in [6, 6.07) is 0. The van der Waals surface area contributed by atoms with Crippen LogP contribution in [0.3, 0.4) is 0 Å². The van der Waals surface area contributed by atoms with Gasteiger partial charge in [-0.2, -0.15) is 12.6 Å². The van der Waals surface area contributed by atoms with Crippen molar-refractivity contribution in [3.8, 4) is 0 Å². The van der Waals surface area contributed by atoms with Crippen molar-refractivity contribution in [3.63, 3.8) is 0 Å². The summed E-state index contributed by atoms with van der Waals surface area (Å²) in [5.41, 5.74) is 0.531. The highest BCUT2D eigenvalue weighted by atomic mass is 32.1. The van der Waals surface area contributed by atoms with Crippen LogP contribution in [0, 0.1) is 11.3 Å². The number of nitrogens with zero attached hydrogens (tertiary/aromatic N) is 2. The maximum Gasteiger partial charge on any atom is 0.00429 e. The molecule has 0 amide bonds. The summed E-state index contributed by atoms with van der Waals surface area (Å²) in [6.07, 6.45) is 8.40. The molecule has 1 aliphatic carbocycles. The molecule has 0 aromatic carbocycles. The van der Waals surface area contributed by atoms with Gasteiger partial charge in [0, 0.05) is 13.1 Å². The van der Waals surface area contributed by atoms with Gasteiger partial charge in [0.1, 0.15) is 0 Å². The molecule has 1 saturated heterocycles. The molecule has 2 aliphatic rings. The van der Waals surface area contributed by atoms with Crippen LogP contribution >= 0.6 is 12.6 Å². The molecule has 1 saturated carbocycles. The van der Waals surface area contributed by atoms with Crippen molar-refractivity contribution in [3.05, 3.63) is 0 Å². The van der Waals surface area contributed by atoms with E-state index in [1.165, 1.54) is 64.7 Å². The van der Waals surface area contributed by atoms with Gasteiger partial charge >= 0.3 is 0 Å². The third-order valence-corrected chi connectivity index (χ3v) is 5.68. The van der Waals surface area contributed by atoms with E-state index in [1.807, 2.05) is 0 Å². The van der Waals surface area contributed by atoms with E-state index in [0.29, 0.717) is 5.41 Å². The standard InChI is InChI=1S/C15H30N2S/c1-16-9-5-14(6-10-16)11-17(2)12-15(13-18)7-3-4-8-15/h14,18H,3-13H2,1-2H3. The molecule has 0 atom stereocenters. The number of hydrogen-bond donors (Lipinski definition) is 1. The Morgan fingerprint density at radius 2 is 1.83 bits per heavy atom. The van der Waals surface area contributed by atoms with E-state index < -0.39 is 0 Å². The zero-order valence-corrected chi connectivity index (χ0v) is 13.1. The van der Waals surface area contributed by atoms with Crippen molar-refractivity contribution in [2.45, 2.75) is 38.5 Å². The smallest absolute Gasteiger partial charge is 0.00429 e. The molecule has 106 valence electrons. The van der Waals surface area contributed by atoms with E-state index in [9.17, 15) is 0 Å². The van der Waals surface area contributed by atoms with Crippen LogP contribution in [0.1, 0.15) is 38.5 Å². The number of thiol groups is 1. The summed E-state index contributed by atoms with van der Waals surface area (Å²) >= 11 is 4.62. The molecule has 3 heteroatoms. The van der Waals surface area contributed by atoms with Gasteiger partial charge in [-0.05, 0) is 70.0 Å². The van der Waals surface area contributed by atoms with Crippen LogP contribution in [-0.2, 0) is 0 Å². The fourth-order valence-electron chi connectivity index (χ4n) is 3.81. The lowest BCUT2D eigenvalue weighted by atomic mass is 9.87. The van der Waals surface area contributed by atoms with Gasteiger partial charge in [0.25, 0.3) is 0 Å². The lowest BCUT2D eigenvalue weighted by Crippen LogP contribution is -2.40. The monoisotopic (exact) mass is 270 g/mol. The highest BCUT2D eigenvalue weighted by molar-refractivity contribution is 7.80. The summed E-state index contributed by atoms with van der Waals surface area (Å²) in [5, 5.41) is 0. The van der Waals surface area contributed by atoms with Gasteiger partial charge in [-0.1, -0.05) is 12.8 Å². The van der Waals surface area contributed by atoms with Crippen LogP contribution in [-0.4, -0.2) is 55.8 Å². The summed E-state index contributed by atoms with van der Waals surface area (Å²) in [6.45, 7) is 5.14. The highest BCUT2D eigenvalue weighted by Crippen LogP contribution is 2.39. The van der Waals surface area contributed by atoms with E-state index in [-0.39, 0.29) is 0 Å². The molecule has 2 rings (SSSR count). The predicted octanol–water partition coefficient (Wildman–Crippen LogP) is 2.75. The van der Waals surface area contributed by atoms with Crippen molar-refractivity contribution in [2.75, 3.05) is 46.0 Å². The van der Waals surface area contributed by atoms with Crippen molar-refractivity contribution >= 4 is 12.6 Å². The van der Waals surface area contributed by atoms with E-state index >= 15 is 0 Å². The van der Waals surface area contributed by atoms with Gasteiger partial charge in [-0.15, -0.1) is 0 Å². The van der Waals surface area contributed by atoms with Gasteiger partial charge in [0.15, 0.2) is 0 Å². The first-order valence-electron chi connectivity index (χ1n) is 7.61. The molecule has 2 nitrogen and oxygen atoms in total. The largest absolute Gasteiger partial charge is 0.306 e. The minimum absolute atomic E-state index is 0.531. The second-order valence-corrected chi connectivity index (χ2v) is 7.12. The molecule has 0 spiro atoms. The quantitative estimate of drug-likeness (QED) is 0.768. The van der Waals surface area contributed by atoms with Crippen LogP contribution in [0.2, 0.25) is 0 Å². The molecule has 0 N–H and O–H groups in total. The van der Waals surface area contributed by atoms with E-state index in [4.69, 9.17) is 0 Å². The average molecular weight is 270 g/mol. The van der Waals surface area contributed by atoms with Crippen LogP contribution in [0.4, 0.5) is 0 Å². The Balaban J connectivity index is 1.75. The van der Waals surface area contributed by atoms with Gasteiger partial charge in [-0.25, -0.2) is 0 Å². The zero-order valence-electron chi connectivity index (χ0n) is 12.2. The van der Waals surface area contributed by atoms with Gasteiger partial charge < -0.3 is 9.80 Å². The summed E-state index contributed by atoms with van der Waals surface area (Å²) in [5.74, 6) is 2.00. The second kappa shape index (κ2) is 6.62. The Bertz CT molecular complexity index is 243. The highest BCUT2D eigenvalue weighted by Gasteiger charge is 2.33. The maximum atomic E-state index is 4.62. The molecule has 18 heavy (non-hydrogen) atoms. The predicted molar refractivity (Wildman–Crippen MR) is 82.5 cm³/mol. The minimum atomic E-state index is 0.531. The molecule has 0 unspecified atom stereocenters. The third-order valence-electron chi connectivity index (χ3n) is 5.01. The first-order valence-corrected chi connectivity index (χ1v) is 8.25. The van der Waals surface area contributed by atoms with Gasteiger partial charge in [-0.3, -0.25) is 0 Å². The topological polar surface area (TPSA) is 6.48 Å². The molecule has 1 heterocycles. The molecule has 0 radical (unpaired) electrons. The molecular formula is C15H30N2S. The van der Waals surface area contributed by atoms with Crippen molar-refractivity contribution in [2.24, 2.45) is 11.3 Å². The third kappa shape index (κ3) is 3.88. The lowest BCUT2D eigenvalue weighted by Gasteiger charge is -2.36. The number of likely N-dealkylation sites (tertiary alicyclic amines) is 1. The Kier molecular flexibility index (Phi) is 5.40. The molecule has 2 fully saturated rings. The number of piperidine rings is 1. The lowest BCUT2D eigenvalue weighted by molar-refractivity contribution is 0.142. The molecule has 0 aromatic rings. The van der Waals surface area contributed by atoms with Crippen molar-refractivity contribution < 1.29 is 0 Å². The first kappa shape index (κ1) is 14.7. The Morgan fingerprint density at radius 1 is 1.22 bits per heavy atom. The first-order chi connectivity index (χ1) is 8.63. The summed E-state index contributed by atoms with van der Waals surface area (Å²) in [4.78, 5) is 5.06. The van der Waals surface area contributed by atoms with Crippen LogP contribution in [0.15, 0.2) is 0 Å². The van der Waals surface area contributed by atoms with Crippen molar-refractivity contribution in [1.82, 2.24) is 9.80 Å². The van der Waals surface area contributed by atoms with Gasteiger partial charge in [0.05, 0.1) is 0 Å². The normalized spacial score (nSPS) is 26.0. The van der Waals surface area contributed by atoms with E-state index in [2.05, 4.69) is 36.5 Å². The summed E-state index contributed by atoms with van der Waals surface area (Å²) < 4.78 is 0. The average Bonchev–Trinajstić information content (AvgIpc) is 2.81. The fraction of sp³-hybridized carbons (Fsp3) is 1.00. The number of rotatable bonds is 5. The van der Waals surface area contributed by atoms with E-state index in [1.54, 1.807) is 0 Å². The van der Waals surface area contributed by atoms with Crippen molar-refractivity contribution in [1.29, 1.82) is 0 Å². The van der Waals surface area contributed by atoms with Crippen LogP contribution in [0.5, 0.6) is 0 Å². The van der Waals surface area contributed by atoms with Gasteiger partial charge in [0.2, 0.25) is 0 Å². The molecule has 0 bridgehead atoms. The van der Waals surface area contributed by atoms with E-state index in [0.717, 1.165) is 11.7 Å². The second-order valence-electron chi connectivity index (χ2n) is 6.81. The Hall–Kier alpha value is 0.270. The minimum Gasteiger partial charge on any atom is -0.306 e. The molecule has 1 aliphatic heterocycles. The zero-order chi connectivity index (χ0) is 13.0. The Labute approximate surface area is 119 Å². The van der Waals surface area contributed by atoms with Crippen LogP contribution in [0.25, 0.3) is 0 Å². The maximum absolute atomic E-state index is 4.62. The molecular weight excluding hydrogens is 240 g/mol. The Morgan fingerprint density at radius 3 is 2.39 bits per heavy atom. The van der Waals surface area contributed by atoms with Crippen LogP contribution < -0.4 is 0 Å². The summed E-state index contributed by atoms with van der Waals surface area (Å²) in [7, 11) is 4.57.